The first-order valence-corrected chi connectivity index (χ1v) is 21.1. The lowest BCUT2D eigenvalue weighted by Gasteiger charge is -2.30. The Balaban J connectivity index is 1.17. The third-order valence-electron chi connectivity index (χ3n) is 11.1. The Labute approximate surface area is 375 Å². The molecule has 6 rings (SSSR count). The molecule has 348 valence electrons. The second kappa shape index (κ2) is 21.1. The number of carboxylic acids is 2. The van der Waals surface area contributed by atoms with Gasteiger partial charge in [-0.15, -0.1) is 0 Å². The summed E-state index contributed by atoms with van der Waals surface area (Å²) in [5.41, 5.74) is 11.4. The number of carbonyl (C=O) groups excluding carboxylic acids is 6. The number of amides is 6. The van der Waals surface area contributed by atoms with Crippen molar-refractivity contribution >= 4 is 64.3 Å². The Kier molecular flexibility index (Phi) is 15.2. The molecule has 66 heavy (non-hydrogen) atoms. The number of aromatic carboxylic acids is 1. The van der Waals surface area contributed by atoms with E-state index >= 15 is 0 Å². The SMILES string of the molecule is NC(N)=NCCC[C@@H]1NC(=O)[C@@H]2CCCN2C(=O)[C@H](CCCCNC(=O)c2ccc(-c3c4ccc(=O)cc-4oc4cc(O)ccc34)c(C(=O)O)c2)NC(=O)[C@H](CC(=O)O)NC(=O)CNC1=O. The van der Waals surface area contributed by atoms with Crippen molar-refractivity contribution in [1.82, 2.24) is 31.5 Å². The Hall–Kier alpha value is -8.04. The van der Waals surface area contributed by atoms with E-state index in [1.54, 1.807) is 6.07 Å². The minimum absolute atomic E-state index is 0.00640. The van der Waals surface area contributed by atoms with E-state index in [2.05, 4.69) is 31.6 Å². The summed E-state index contributed by atoms with van der Waals surface area (Å²) < 4.78 is 5.88. The smallest absolute Gasteiger partial charge is 0.336 e. The van der Waals surface area contributed by atoms with Crippen LogP contribution in [0.15, 0.2) is 68.8 Å². The molecular weight excluding hydrogens is 863 g/mol. The van der Waals surface area contributed by atoms with Crippen molar-refractivity contribution in [3.8, 4) is 28.2 Å². The number of phenols is 1. The van der Waals surface area contributed by atoms with Gasteiger partial charge in [-0.25, -0.2) is 4.79 Å². The average Bonchev–Trinajstić information content (AvgIpc) is 3.77. The zero-order chi connectivity index (χ0) is 47.7. The maximum atomic E-state index is 14.2. The molecule has 12 N–H and O–H groups in total. The Morgan fingerprint density at radius 1 is 0.818 bits per heavy atom. The van der Waals surface area contributed by atoms with Gasteiger partial charge in [0.1, 0.15) is 41.3 Å². The number of unbranched alkanes of at least 4 members (excludes halogenated alkanes) is 1. The first kappa shape index (κ1) is 47.4. The summed E-state index contributed by atoms with van der Waals surface area (Å²) in [5.74, 6) is -7.49. The number of aliphatic imine (C=N–C) groups is 1. The zero-order valence-electron chi connectivity index (χ0n) is 35.5. The number of fused-ring (bicyclic) bond motifs is 3. The van der Waals surface area contributed by atoms with Gasteiger partial charge in [-0.3, -0.25) is 43.3 Å². The lowest BCUT2D eigenvalue weighted by atomic mass is 9.90. The van der Waals surface area contributed by atoms with Crippen molar-refractivity contribution in [2.45, 2.75) is 75.5 Å². The molecule has 1 aliphatic carbocycles. The van der Waals surface area contributed by atoms with Crippen LogP contribution in [0, 0.1) is 0 Å². The molecule has 22 heteroatoms. The summed E-state index contributed by atoms with van der Waals surface area (Å²) in [6.45, 7) is -0.369. The van der Waals surface area contributed by atoms with Crippen LogP contribution in [0.3, 0.4) is 0 Å². The van der Waals surface area contributed by atoms with Gasteiger partial charge in [-0.1, -0.05) is 6.07 Å². The number of hydrogen-bond acceptors (Lipinski definition) is 12. The van der Waals surface area contributed by atoms with Crippen molar-refractivity contribution in [1.29, 1.82) is 0 Å². The molecule has 3 heterocycles. The number of nitrogens with one attached hydrogen (secondary N) is 5. The molecule has 0 radical (unpaired) electrons. The van der Waals surface area contributed by atoms with Crippen molar-refractivity contribution in [3.63, 3.8) is 0 Å². The normalized spacial score (nSPS) is 19.4. The van der Waals surface area contributed by atoms with Gasteiger partial charge in [0.05, 0.1) is 18.5 Å². The van der Waals surface area contributed by atoms with Gasteiger partial charge >= 0.3 is 11.9 Å². The molecule has 0 bridgehead atoms. The summed E-state index contributed by atoms with van der Waals surface area (Å²) in [5, 5.41) is 43.1. The van der Waals surface area contributed by atoms with Gasteiger partial charge in [0, 0.05) is 53.8 Å². The number of rotatable bonds is 14. The fourth-order valence-corrected chi connectivity index (χ4v) is 8.00. The van der Waals surface area contributed by atoms with Crippen LogP contribution < -0.4 is 43.5 Å². The first-order valence-electron chi connectivity index (χ1n) is 21.1. The molecule has 6 amide bonds. The van der Waals surface area contributed by atoms with E-state index in [-0.39, 0.29) is 103 Å². The number of carbonyl (C=O) groups is 8. The monoisotopic (exact) mass is 911 g/mol. The molecule has 2 fully saturated rings. The number of carboxylic acid groups (broad SMARTS) is 2. The van der Waals surface area contributed by atoms with Gasteiger partial charge in [-0.05, 0) is 86.9 Å². The summed E-state index contributed by atoms with van der Waals surface area (Å²) >= 11 is 0. The summed E-state index contributed by atoms with van der Waals surface area (Å²) in [4.78, 5) is 123. The largest absolute Gasteiger partial charge is 0.508 e. The number of benzene rings is 3. The summed E-state index contributed by atoms with van der Waals surface area (Å²) in [6, 6.07) is 7.31. The molecule has 4 atom stereocenters. The summed E-state index contributed by atoms with van der Waals surface area (Å²) in [7, 11) is 0. The number of nitrogens with zero attached hydrogens (tertiary/aromatic N) is 2. The van der Waals surface area contributed by atoms with E-state index < -0.39 is 84.5 Å². The predicted octanol–water partition coefficient (Wildman–Crippen LogP) is -0.0278. The van der Waals surface area contributed by atoms with Crippen molar-refractivity contribution in [3.05, 3.63) is 75.9 Å². The highest BCUT2D eigenvalue weighted by Gasteiger charge is 2.40. The van der Waals surface area contributed by atoms with Crippen LogP contribution in [0.1, 0.15) is 72.1 Å². The van der Waals surface area contributed by atoms with Crippen LogP contribution in [-0.4, -0.2) is 124 Å². The highest BCUT2D eigenvalue weighted by atomic mass is 16.4. The van der Waals surface area contributed by atoms with Gasteiger partial charge in [0.2, 0.25) is 29.5 Å². The van der Waals surface area contributed by atoms with Crippen LogP contribution in [0.4, 0.5) is 0 Å². The van der Waals surface area contributed by atoms with Gasteiger partial charge < -0.3 is 62.7 Å². The fourth-order valence-electron chi connectivity index (χ4n) is 8.00. The highest BCUT2D eigenvalue weighted by Crippen LogP contribution is 2.42. The maximum Gasteiger partial charge on any atom is 0.336 e. The molecule has 0 aromatic heterocycles. The molecule has 22 nitrogen and oxygen atoms in total. The lowest BCUT2D eigenvalue weighted by Crippen LogP contribution is -2.57. The van der Waals surface area contributed by atoms with E-state index in [0.29, 0.717) is 22.9 Å². The van der Waals surface area contributed by atoms with E-state index in [4.69, 9.17) is 15.9 Å². The minimum Gasteiger partial charge on any atom is -0.508 e. The number of hydrogen-bond donors (Lipinski definition) is 10. The molecule has 0 unspecified atom stereocenters. The third kappa shape index (κ3) is 11.6. The summed E-state index contributed by atoms with van der Waals surface area (Å²) in [6.07, 6.45) is 0.511. The lowest BCUT2D eigenvalue weighted by molar-refractivity contribution is -0.143. The number of guanidine groups is 1. The second-order valence-corrected chi connectivity index (χ2v) is 15.8. The zero-order valence-corrected chi connectivity index (χ0v) is 35.5. The van der Waals surface area contributed by atoms with Crippen molar-refractivity contribution < 1.29 is 58.1 Å². The molecular formula is C44H49N9O13. The third-order valence-corrected chi connectivity index (χ3v) is 11.1. The maximum absolute atomic E-state index is 14.2. The Morgan fingerprint density at radius 2 is 1.56 bits per heavy atom. The first-order chi connectivity index (χ1) is 31.5. The van der Waals surface area contributed by atoms with Gasteiger partial charge in [-0.2, -0.15) is 0 Å². The number of phenolic OH excluding ortho intramolecular Hbond substituents is 1. The van der Waals surface area contributed by atoms with Crippen LogP contribution in [0.25, 0.3) is 33.4 Å². The minimum atomic E-state index is -1.65. The average molecular weight is 912 g/mol. The quantitative estimate of drug-likeness (QED) is 0.0344. The standard InChI is InChI=1S/C44H49N9O13/c45-44(46)48-15-3-6-29-39(60)49-21-35(56)50-31(20-36(57)58)40(61)52-30(42(63)53-16-4-7-32(53)41(62)51-29)5-1-2-14-47-38(59)22-8-11-25(28(17-22)43(64)65)37-26-12-9-23(54)18-33(26)66-34-19-24(55)10-13-27(34)37/h8-13,17-19,29-32,54H,1-7,14-16,20-21H2,(H,47,59)(H,49,60)(H,50,56)(H,51,62)(H,52,61)(H,57,58)(H,64,65)(H4,45,46,48)/t29-,30-,31-,32-/m0/s1. The van der Waals surface area contributed by atoms with Gasteiger partial charge in [0.25, 0.3) is 5.91 Å². The Bertz CT molecular complexity index is 2630. The number of aromatic hydroxyl groups is 1. The van der Waals surface area contributed by atoms with E-state index in [0.717, 1.165) is 0 Å². The number of nitrogens with two attached hydrogens (primary N) is 2. The molecule has 2 aromatic rings. The molecule has 0 spiro atoms. The Morgan fingerprint density at radius 3 is 2.30 bits per heavy atom. The van der Waals surface area contributed by atoms with Crippen LogP contribution in [-0.2, 0) is 28.8 Å². The topological polar surface area (TPSA) is 355 Å². The van der Waals surface area contributed by atoms with Crippen LogP contribution >= 0.6 is 0 Å². The highest BCUT2D eigenvalue weighted by molar-refractivity contribution is 6.09. The molecule has 2 aromatic carbocycles. The van der Waals surface area contributed by atoms with Crippen LogP contribution in [0.2, 0.25) is 0 Å². The van der Waals surface area contributed by atoms with Crippen molar-refractivity contribution in [2.75, 3.05) is 26.2 Å². The number of aliphatic carboxylic acids is 1. The van der Waals surface area contributed by atoms with E-state index in [9.17, 15) is 58.5 Å². The van der Waals surface area contributed by atoms with E-state index in [1.165, 1.54) is 53.4 Å². The van der Waals surface area contributed by atoms with Crippen molar-refractivity contribution in [2.24, 2.45) is 16.5 Å². The van der Waals surface area contributed by atoms with Gasteiger partial charge in [0.15, 0.2) is 11.4 Å². The second-order valence-electron chi connectivity index (χ2n) is 15.8. The van der Waals surface area contributed by atoms with E-state index in [1.807, 2.05) is 0 Å². The molecule has 4 aliphatic rings. The van der Waals surface area contributed by atoms with Crippen LogP contribution in [0.5, 0.6) is 5.75 Å². The molecule has 3 aliphatic heterocycles. The predicted molar refractivity (Wildman–Crippen MR) is 235 cm³/mol. The molecule has 0 saturated carbocycles. The fraction of sp³-hybridized carbons (Fsp3) is 0.364. The molecule has 2 saturated heterocycles.